The number of thiophene rings is 1. The van der Waals surface area contributed by atoms with Crippen molar-refractivity contribution in [2.24, 2.45) is 0 Å². The third-order valence-corrected chi connectivity index (χ3v) is 8.15. The number of hydrogen-bond acceptors (Lipinski definition) is 9. The van der Waals surface area contributed by atoms with E-state index in [9.17, 15) is 33.1 Å². The Kier molecular flexibility index (Phi) is 9.71. The first-order chi connectivity index (χ1) is 20.6. The SMILES string of the molecule is CC(C)(C)OC(=O)N[C@H](CN1C(=O)C(=Cc2cc(-c3ccc(F)c(F)c3)cs2)SC1=S)C(=O)Nc1ccc(C(=O)O)c(O)c1. The van der Waals surface area contributed by atoms with E-state index in [4.69, 9.17) is 22.1 Å². The first-order valence-electron chi connectivity index (χ1n) is 12.8. The molecule has 0 unspecified atom stereocenters. The summed E-state index contributed by atoms with van der Waals surface area (Å²) in [6.45, 7) is 4.51. The number of ether oxygens (including phenoxy) is 1. The first-order valence-corrected chi connectivity index (χ1v) is 14.9. The molecule has 1 atom stereocenters. The number of carbonyl (C=O) groups excluding carboxylic acids is 3. The Morgan fingerprint density at radius 1 is 1.09 bits per heavy atom. The van der Waals surface area contributed by atoms with Crippen LogP contribution in [0.3, 0.4) is 0 Å². The summed E-state index contributed by atoms with van der Waals surface area (Å²) >= 11 is 7.65. The summed E-state index contributed by atoms with van der Waals surface area (Å²) in [5.41, 5.74) is -0.156. The summed E-state index contributed by atoms with van der Waals surface area (Å²) in [4.78, 5) is 52.4. The normalized spacial score (nSPS) is 14.9. The first kappa shape index (κ1) is 32.6. The molecule has 10 nitrogen and oxygen atoms in total. The number of halogens is 2. The quantitative estimate of drug-likeness (QED) is 0.173. The molecule has 1 aliphatic rings. The van der Waals surface area contributed by atoms with Crippen LogP contribution < -0.4 is 10.6 Å². The fourth-order valence-electron chi connectivity index (χ4n) is 3.89. The zero-order valence-electron chi connectivity index (χ0n) is 23.3. The predicted octanol–water partition coefficient (Wildman–Crippen LogP) is 5.83. The molecule has 0 aliphatic carbocycles. The van der Waals surface area contributed by atoms with Gasteiger partial charge in [0.25, 0.3) is 5.91 Å². The van der Waals surface area contributed by atoms with Crippen LogP contribution in [0.1, 0.15) is 36.0 Å². The number of thiocarbonyl (C=S) groups is 1. The summed E-state index contributed by atoms with van der Waals surface area (Å²) in [5, 5.41) is 25.8. The smallest absolute Gasteiger partial charge is 0.408 e. The topological polar surface area (TPSA) is 145 Å². The number of carboxylic acids is 1. The van der Waals surface area contributed by atoms with Crippen molar-refractivity contribution in [2.45, 2.75) is 32.4 Å². The minimum absolute atomic E-state index is 0.0355. The third kappa shape index (κ3) is 7.98. The van der Waals surface area contributed by atoms with Crippen molar-refractivity contribution in [3.05, 3.63) is 74.8 Å². The summed E-state index contributed by atoms with van der Waals surface area (Å²) in [6, 6.07) is 7.25. The van der Waals surface area contributed by atoms with Crippen LogP contribution in [0.25, 0.3) is 17.2 Å². The maximum Gasteiger partial charge on any atom is 0.408 e. The summed E-state index contributed by atoms with van der Waals surface area (Å²) in [6.07, 6.45) is 0.641. The lowest BCUT2D eigenvalue weighted by Crippen LogP contribution is -2.52. The molecule has 15 heteroatoms. The number of alkyl carbamates (subject to hydrolysis) is 1. The number of anilines is 1. The molecule has 1 saturated heterocycles. The molecule has 0 radical (unpaired) electrons. The zero-order valence-corrected chi connectivity index (χ0v) is 25.8. The molecule has 230 valence electrons. The second kappa shape index (κ2) is 13.1. The highest BCUT2D eigenvalue weighted by atomic mass is 32.2. The van der Waals surface area contributed by atoms with Crippen molar-refractivity contribution in [1.29, 1.82) is 0 Å². The van der Waals surface area contributed by atoms with E-state index in [1.54, 1.807) is 38.3 Å². The number of thioether (sulfide) groups is 1. The van der Waals surface area contributed by atoms with E-state index in [1.165, 1.54) is 23.5 Å². The molecule has 0 bridgehead atoms. The highest BCUT2D eigenvalue weighted by Crippen LogP contribution is 2.35. The summed E-state index contributed by atoms with van der Waals surface area (Å²) in [7, 11) is 0. The lowest BCUT2D eigenvalue weighted by atomic mass is 10.1. The Morgan fingerprint density at radius 2 is 1.82 bits per heavy atom. The number of aromatic hydroxyl groups is 1. The van der Waals surface area contributed by atoms with Gasteiger partial charge in [-0.1, -0.05) is 30.0 Å². The van der Waals surface area contributed by atoms with E-state index in [0.29, 0.717) is 16.0 Å². The van der Waals surface area contributed by atoms with Gasteiger partial charge in [-0.25, -0.2) is 18.4 Å². The van der Waals surface area contributed by atoms with Crippen molar-refractivity contribution in [3.8, 4) is 16.9 Å². The van der Waals surface area contributed by atoms with E-state index in [0.717, 1.165) is 40.9 Å². The molecule has 2 aromatic carbocycles. The van der Waals surface area contributed by atoms with Gasteiger partial charge in [-0.3, -0.25) is 14.5 Å². The summed E-state index contributed by atoms with van der Waals surface area (Å²) in [5.74, 6) is -5.23. The number of phenols is 1. The average Bonchev–Trinajstić information content (AvgIpc) is 3.48. The van der Waals surface area contributed by atoms with Crippen LogP contribution in [0.4, 0.5) is 19.3 Å². The molecule has 44 heavy (non-hydrogen) atoms. The van der Waals surface area contributed by atoms with Gasteiger partial charge >= 0.3 is 12.1 Å². The molecule has 0 saturated carbocycles. The third-order valence-electron chi connectivity index (χ3n) is 5.89. The van der Waals surface area contributed by atoms with Crippen molar-refractivity contribution < 1.29 is 42.9 Å². The Balaban J connectivity index is 1.54. The van der Waals surface area contributed by atoms with Gasteiger partial charge in [0.1, 0.15) is 27.3 Å². The molecule has 3 amide bonds. The van der Waals surface area contributed by atoms with E-state index < -0.39 is 52.9 Å². The van der Waals surface area contributed by atoms with Crippen LogP contribution in [0, 0.1) is 11.6 Å². The molecular weight excluding hydrogens is 637 g/mol. The van der Waals surface area contributed by atoms with Gasteiger partial charge in [-0.15, -0.1) is 11.3 Å². The van der Waals surface area contributed by atoms with Gasteiger partial charge in [0.2, 0.25) is 5.91 Å². The van der Waals surface area contributed by atoms with Crippen molar-refractivity contribution >= 4 is 75.3 Å². The standard InChI is InChI=1S/C29H25F2N3O7S3/c1-29(2,3)41-27(40)33-21(24(36)32-16-5-6-18(26(38)39)22(35)10-16)12-34-25(37)23(44-28(34)42)11-17-8-15(13-43-17)14-4-7-19(30)20(31)9-14/h4-11,13,21,35H,12H2,1-3H3,(H,32,36)(H,33,40)(H,38,39)/t21-/m1/s1. The van der Waals surface area contributed by atoms with Gasteiger partial charge in [0.15, 0.2) is 11.6 Å². The molecule has 1 aliphatic heterocycles. The molecular formula is C29H25F2N3O7S3. The Labute approximate surface area is 263 Å². The minimum Gasteiger partial charge on any atom is -0.507 e. The number of amides is 3. The molecule has 4 rings (SSSR count). The van der Waals surface area contributed by atoms with Crippen LogP contribution >= 0.6 is 35.3 Å². The van der Waals surface area contributed by atoms with Gasteiger partial charge in [0, 0.05) is 16.6 Å². The fraction of sp³-hybridized carbons (Fsp3) is 0.207. The Morgan fingerprint density at radius 3 is 2.45 bits per heavy atom. The fourth-order valence-corrected chi connectivity index (χ4v) is 6.08. The highest BCUT2D eigenvalue weighted by Gasteiger charge is 2.36. The number of benzene rings is 2. The largest absolute Gasteiger partial charge is 0.507 e. The second-order valence-corrected chi connectivity index (χ2v) is 13.0. The lowest BCUT2D eigenvalue weighted by Gasteiger charge is -2.26. The maximum absolute atomic E-state index is 13.7. The highest BCUT2D eigenvalue weighted by molar-refractivity contribution is 8.26. The number of nitrogens with zero attached hydrogens (tertiary/aromatic N) is 1. The van der Waals surface area contributed by atoms with Gasteiger partial charge in [-0.2, -0.15) is 0 Å². The van der Waals surface area contributed by atoms with Crippen LogP contribution in [-0.2, 0) is 14.3 Å². The second-order valence-electron chi connectivity index (χ2n) is 10.4. The molecule has 2 heterocycles. The lowest BCUT2D eigenvalue weighted by molar-refractivity contribution is -0.123. The van der Waals surface area contributed by atoms with Crippen LogP contribution in [-0.4, -0.2) is 61.5 Å². The van der Waals surface area contributed by atoms with E-state index in [2.05, 4.69) is 10.6 Å². The minimum atomic E-state index is -1.38. The number of rotatable bonds is 8. The Bertz CT molecular complexity index is 1700. The molecule has 4 N–H and O–H groups in total. The van der Waals surface area contributed by atoms with Crippen LogP contribution in [0.2, 0.25) is 0 Å². The number of aromatic carboxylic acids is 1. The maximum atomic E-state index is 13.7. The van der Waals surface area contributed by atoms with E-state index in [1.807, 2.05) is 0 Å². The van der Waals surface area contributed by atoms with Crippen molar-refractivity contribution in [3.63, 3.8) is 0 Å². The van der Waals surface area contributed by atoms with Gasteiger partial charge < -0.3 is 25.6 Å². The Hall–Kier alpha value is -4.34. The average molecular weight is 662 g/mol. The molecule has 1 aromatic heterocycles. The van der Waals surface area contributed by atoms with Gasteiger partial charge in [0.05, 0.1) is 11.4 Å². The van der Waals surface area contributed by atoms with E-state index >= 15 is 0 Å². The zero-order chi connectivity index (χ0) is 32.3. The number of nitrogens with one attached hydrogen (secondary N) is 2. The van der Waals surface area contributed by atoms with Crippen molar-refractivity contribution in [1.82, 2.24) is 10.2 Å². The molecule has 3 aromatic rings. The van der Waals surface area contributed by atoms with Crippen molar-refractivity contribution in [2.75, 3.05) is 11.9 Å². The van der Waals surface area contributed by atoms with E-state index in [-0.39, 0.29) is 27.0 Å². The predicted molar refractivity (Wildman–Crippen MR) is 166 cm³/mol. The van der Waals surface area contributed by atoms with Crippen LogP contribution in [0.15, 0.2) is 52.7 Å². The van der Waals surface area contributed by atoms with Gasteiger partial charge in [-0.05, 0) is 73.7 Å². The van der Waals surface area contributed by atoms with Crippen LogP contribution in [0.5, 0.6) is 5.75 Å². The summed E-state index contributed by atoms with van der Waals surface area (Å²) < 4.78 is 32.4. The monoisotopic (exact) mass is 661 g/mol. The number of hydrogen-bond donors (Lipinski definition) is 4. The number of carbonyl (C=O) groups is 4. The number of carboxylic acid groups (broad SMARTS) is 1. The molecule has 1 fully saturated rings. The molecule has 0 spiro atoms.